The van der Waals surface area contributed by atoms with Crippen molar-refractivity contribution in [2.45, 2.75) is 69.9 Å². The molecule has 0 spiro atoms. The summed E-state index contributed by atoms with van der Waals surface area (Å²) >= 11 is 0. The van der Waals surface area contributed by atoms with Gasteiger partial charge in [-0.3, -0.25) is 9.69 Å². The molecule has 2 aliphatic heterocycles. The number of aromatic nitrogens is 5. The summed E-state index contributed by atoms with van der Waals surface area (Å²) in [6.45, 7) is 2.07. The number of aromatic amines is 1. The Hall–Kier alpha value is -2.94. The van der Waals surface area contributed by atoms with Gasteiger partial charge in [0.15, 0.2) is 17.3 Å². The lowest BCUT2D eigenvalue weighted by molar-refractivity contribution is 0.174. The summed E-state index contributed by atoms with van der Waals surface area (Å²) in [6, 6.07) is 5.80. The molecule has 1 N–H and O–H groups in total. The van der Waals surface area contributed by atoms with Crippen LogP contribution in [0.4, 0.5) is 0 Å². The smallest absolute Gasteiger partial charge is 0.253 e. The average molecular weight is 451 g/mol. The van der Waals surface area contributed by atoms with Crippen molar-refractivity contribution in [1.82, 2.24) is 30.1 Å². The minimum atomic E-state index is -0.279. The van der Waals surface area contributed by atoms with Gasteiger partial charge in [0.1, 0.15) is 6.04 Å². The first-order valence-electron chi connectivity index (χ1n) is 12.3. The largest absolute Gasteiger partial charge is 0.454 e. The van der Waals surface area contributed by atoms with Crippen LogP contribution in [-0.2, 0) is 0 Å². The van der Waals surface area contributed by atoms with Crippen molar-refractivity contribution < 1.29 is 9.47 Å². The standard InChI is InChI=1S/C24H30N6O3/c31-24-18(12-16-13-20-21(33-15-32-20)14-19(16)25-24)22(29-10-6-1-2-7-11-29)23-26-27-28-30(23)17-8-4-3-5-9-17/h12-14,17,22H,1-11,15H2,(H,25,31)/t22-/m1/s1. The minimum Gasteiger partial charge on any atom is -0.454 e. The Morgan fingerprint density at radius 3 is 2.45 bits per heavy atom. The molecule has 3 aliphatic rings. The second-order valence-electron chi connectivity index (χ2n) is 9.47. The Balaban J connectivity index is 1.48. The Labute approximate surface area is 192 Å². The maximum atomic E-state index is 13.5. The Morgan fingerprint density at radius 2 is 1.67 bits per heavy atom. The molecule has 0 unspecified atom stereocenters. The molecule has 0 bridgehead atoms. The van der Waals surface area contributed by atoms with Gasteiger partial charge < -0.3 is 14.5 Å². The lowest BCUT2D eigenvalue weighted by Gasteiger charge is -2.31. The molecule has 1 saturated carbocycles. The third-order valence-corrected chi connectivity index (χ3v) is 7.35. The van der Waals surface area contributed by atoms with Crippen molar-refractivity contribution >= 4 is 10.9 Å². The van der Waals surface area contributed by atoms with Crippen LogP contribution in [0.3, 0.4) is 0 Å². The summed E-state index contributed by atoms with van der Waals surface area (Å²) in [6.07, 6.45) is 10.5. The number of tetrazole rings is 1. The topological polar surface area (TPSA) is 98.2 Å². The van der Waals surface area contributed by atoms with Crippen LogP contribution in [0.1, 0.15) is 81.3 Å². The highest BCUT2D eigenvalue weighted by molar-refractivity contribution is 5.83. The van der Waals surface area contributed by atoms with Gasteiger partial charge >= 0.3 is 0 Å². The highest BCUT2D eigenvalue weighted by Crippen LogP contribution is 2.37. The quantitative estimate of drug-likeness (QED) is 0.647. The zero-order chi connectivity index (χ0) is 22.2. The molecule has 0 radical (unpaired) electrons. The summed E-state index contributed by atoms with van der Waals surface area (Å²) in [7, 11) is 0. The summed E-state index contributed by atoms with van der Waals surface area (Å²) in [5.41, 5.74) is 1.33. The molecule has 4 heterocycles. The molecule has 2 aromatic heterocycles. The number of pyridine rings is 1. The van der Waals surface area contributed by atoms with Crippen LogP contribution in [0, 0.1) is 0 Å². The van der Waals surface area contributed by atoms with E-state index < -0.39 is 0 Å². The Kier molecular flexibility index (Phi) is 5.49. The third-order valence-electron chi connectivity index (χ3n) is 7.35. The van der Waals surface area contributed by atoms with Crippen LogP contribution in [0.2, 0.25) is 0 Å². The second kappa shape index (κ2) is 8.78. The highest BCUT2D eigenvalue weighted by Gasteiger charge is 2.33. The van der Waals surface area contributed by atoms with E-state index in [0.29, 0.717) is 23.1 Å². The lowest BCUT2D eigenvalue weighted by atomic mass is 9.95. The van der Waals surface area contributed by atoms with Crippen LogP contribution in [-0.4, -0.2) is 50.0 Å². The SMILES string of the molecule is O=c1[nH]c2cc3c(cc2cc1[C@H](c1nnnn1C1CCCCC1)N1CCCCCC1)OCO3. The van der Waals surface area contributed by atoms with Gasteiger partial charge in [0.25, 0.3) is 5.56 Å². The third kappa shape index (κ3) is 3.88. The van der Waals surface area contributed by atoms with Gasteiger partial charge in [0.2, 0.25) is 6.79 Å². The van der Waals surface area contributed by atoms with Crippen LogP contribution in [0.15, 0.2) is 23.0 Å². The van der Waals surface area contributed by atoms with E-state index in [2.05, 4.69) is 25.4 Å². The molecule has 2 fully saturated rings. The summed E-state index contributed by atoms with van der Waals surface area (Å²) in [5.74, 6) is 2.16. The van der Waals surface area contributed by atoms with Crippen molar-refractivity contribution in [3.63, 3.8) is 0 Å². The van der Waals surface area contributed by atoms with Crippen molar-refractivity contribution in [2.24, 2.45) is 0 Å². The monoisotopic (exact) mass is 450 g/mol. The normalized spacial score (nSPS) is 20.7. The van der Waals surface area contributed by atoms with E-state index in [0.717, 1.165) is 55.5 Å². The Morgan fingerprint density at radius 1 is 0.939 bits per heavy atom. The molecular weight excluding hydrogens is 420 g/mol. The van der Waals surface area contributed by atoms with E-state index in [1.807, 2.05) is 22.9 Å². The van der Waals surface area contributed by atoms with Gasteiger partial charge in [0, 0.05) is 17.0 Å². The number of benzene rings is 1. The van der Waals surface area contributed by atoms with Crippen molar-refractivity contribution in [3.8, 4) is 11.5 Å². The van der Waals surface area contributed by atoms with Gasteiger partial charge in [-0.1, -0.05) is 32.1 Å². The summed E-state index contributed by atoms with van der Waals surface area (Å²) in [4.78, 5) is 18.9. The number of hydrogen-bond donors (Lipinski definition) is 1. The van der Waals surface area contributed by atoms with Crippen LogP contribution < -0.4 is 15.0 Å². The number of fused-ring (bicyclic) bond motifs is 2. The molecule has 9 heteroatoms. The lowest BCUT2D eigenvalue weighted by Crippen LogP contribution is -2.36. The van der Waals surface area contributed by atoms with E-state index in [4.69, 9.17) is 9.47 Å². The van der Waals surface area contributed by atoms with Gasteiger partial charge in [-0.2, -0.15) is 0 Å². The minimum absolute atomic E-state index is 0.103. The molecule has 1 saturated heterocycles. The molecule has 1 atom stereocenters. The number of nitrogens with one attached hydrogen (secondary N) is 1. The first kappa shape index (κ1) is 20.7. The maximum Gasteiger partial charge on any atom is 0.253 e. The molecule has 6 rings (SSSR count). The van der Waals surface area contributed by atoms with E-state index in [1.165, 1.54) is 32.1 Å². The van der Waals surface area contributed by atoms with E-state index in [-0.39, 0.29) is 18.4 Å². The Bertz CT molecular complexity index is 1190. The van der Waals surface area contributed by atoms with Crippen molar-refractivity contribution in [1.29, 1.82) is 0 Å². The zero-order valence-corrected chi connectivity index (χ0v) is 18.8. The van der Waals surface area contributed by atoms with Crippen molar-refractivity contribution in [3.05, 3.63) is 39.9 Å². The van der Waals surface area contributed by atoms with E-state index in [1.54, 1.807) is 0 Å². The fourth-order valence-electron chi connectivity index (χ4n) is 5.63. The van der Waals surface area contributed by atoms with Crippen molar-refractivity contribution in [2.75, 3.05) is 19.9 Å². The fraction of sp³-hybridized carbons (Fsp3) is 0.583. The molecule has 174 valence electrons. The predicted octanol–water partition coefficient (Wildman–Crippen LogP) is 3.71. The number of likely N-dealkylation sites (tertiary alicyclic amines) is 1. The molecular formula is C24H30N6O3. The molecule has 3 aromatic rings. The molecule has 1 aliphatic carbocycles. The first-order chi connectivity index (χ1) is 16.3. The van der Waals surface area contributed by atoms with Crippen LogP contribution in [0.25, 0.3) is 10.9 Å². The highest BCUT2D eigenvalue weighted by atomic mass is 16.7. The maximum absolute atomic E-state index is 13.5. The predicted molar refractivity (Wildman–Crippen MR) is 123 cm³/mol. The summed E-state index contributed by atoms with van der Waals surface area (Å²) < 4.78 is 13.1. The molecule has 9 nitrogen and oxygen atoms in total. The van der Waals surface area contributed by atoms with Gasteiger partial charge in [-0.15, -0.1) is 5.10 Å². The van der Waals surface area contributed by atoms with Gasteiger partial charge in [-0.05, 0) is 61.3 Å². The zero-order valence-electron chi connectivity index (χ0n) is 18.8. The number of H-pyrrole nitrogens is 1. The van der Waals surface area contributed by atoms with Crippen LogP contribution >= 0.6 is 0 Å². The number of rotatable bonds is 4. The average Bonchev–Trinajstić information content (AvgIpc) is 3.42. The molecule has 33 heavy (non-hydrogen) atoms. The summed E-state index contributed by atoms with van der Waals surface area (Å²) in [5, 5.41) is 13.9. The molecule has 0 amide bonds. The molecule has 1 aromatic carbocycles. The number of nitrogens with zero attached hydrogens (tertiary/aromatic N) is 5. The first-order valence-corrected chi connectivity index (χ1v) is 12.3. The van der Waals surface area contributed by atoms with E-state index in [9.17, 15) is 4.79 Å². The fourth-order valence-corrected chi connectivity index (χ4v) is 5.63. The van der Waals surface area contributed by atoms with Gasteiger partial charge in [0.05, 0.1) is 11.6 Å². The second-order valence-corrected chi connectivity index (χ2v) is 9.47. The van der Waals surface area contributed by atoms with Gasteiger partial charge in [-0.25, -0.2) is 4.68 Å². The number of hydrogen-bond acceptors (Lipinski definition) is 7. The van der Waals surface area contributed by atoms with Crippen LogP contribution in [0.5, 0.6) is 11.5 Å². The van der Waals surface area contributed by atoms with E-state index >= 15 is 0 Å². The number of ether oxygens (including phenoxy) is 2.